The second-order valence-electron chi connectivity index (χ2n) is 4.23. The zero-order chi connectivity index (χ0) is 14.7. The third kappa shape index (κ3) is 3.07. The molecule has 0 aliphatic rings. The van der Waals surface area contributed by atoms with Crippen LogP contribution in [0.5, 0.6) is 0 Å². The Morgan fingerprint density at radius 3 is 2.60 bits per heavy atom. The van der Waals surface area contributed by atoms with Crippen LogP contribution in [0.4, 0.5) is 11.4 Å². The molecular formula is C15H14ClIN2O. The molecule has 0 bridgehead atoms. The minimum absolute atomic E-state index is 0.106. The number of nitrogens with zero attached hydrogens (tertiary/aromatic N) is 1. The molecule has 2 N–H and O–H groups in total. The summed E-state index contributed by atoms with van der Waals surface area (Å²) in [5.74, 6) is -0.106. The molecule has 2 aromatic carbocycles. The average Bonchev–Trinajstić information content (AvgIpc) is 2.42. The van der Waals surface area contributed by atoms with Gasteiger partial charge in [-0.25, -0.2) is 0 Å². The number of rotatable bonds is 3. The number of carbonyl (C=O) groups excluding carboxylic acids is 1. The molecule has 0 radical (unpaired) electrons. The van der Waals surface area contributed by atoms with E-state index in [1.165, 1.54) is 0 Å². The predicted molar refractivity (Wildman–Crippen MR) is 92.4 cm³/mol. The fourth-order valence-electron chi connectivity index (χ4n) is 1.96. The van der Waals surface area contributed by atoms with Gasteiger partial charge >= 0.3 is 0 Å². The molecule has 0 aromatic heterocycles. The first-order valence-electron chi connectivity index (χ1n) is 6.16. The van der Waals surface area contributed by atoms with Crippen molar-refractivity contribution in [2.24, 2.45) is 0 Å². The minimum Gasteiger partial charge on any atom is -0.398 e. The first-order valence-corrected chi connectivity index (χ1v) is 7.61. The fraction of sp³-hybridized carbons (Fsp3) is 0.133. The molecule has 5 heteroatoms. The average molecular weight is 401 g/mol. The number of hydrogen-bond acceptors (Lipinski definition) is 2. The van der Waals surface area contributed by atoms with Gasteiger partial charge in [0.15, 0.2) is 0 Å². The summed E-state index contributed by atoms with van der Waals surface area (Å²) < 4.78 is 0.930. The maximum absolute atomic E-state index is 12.6. The number of carbonyl (C=O) groups is 1. The summed E-state index contributed by atoms with van der Waals surface area (Å²) in [6, 6.07) is 12.6. The van der Waals surface area contributed by atoms with E-state index in [-0.39, 0.29) is 5.91 Å². The molecule has 0 saturated carbocycles. The van der Waals surface area contributed by atoms with Crippen molar-refractivity contribution in [2.75, 3.05) is 17.2 Å². The number of hydrogen-bond donors (Lipinski definition) is 1. The summed E-state index contributed by atoms with van der Waals surface area (Å²) in [6.45, 7) is 2.49. The van der Waals surface area contributed by atoms with Crippen molar-refractivity contribution in [2.45, 2.75) is 6.92 Å². The van der Waals surface area contributed by atoms with Gasteiger partial charge in [-0.2, -0.15) is 0 Å². The molecule has 0 spiro atoms. The predicted octanol–water partition coefficient (Wildman–Crippen LogP) is 4.19. The SMILES string of the molecule is CCN(C(=O)c1ccccc1N)c1ccc(Cl)cc1I. The largest absolute Gasteiger partial charge is 0.398 e. The van der Waals surface area contributed by atoms with Crippen LogP contribution in [0.3, 0.4) is 0 Å². The number of nitrogens with two attached hydrogens (primary N) is 1. The molecule has 0 aliphatic carbocycles. The molecule has 1 amide bonds. The summed E-state index contributed by atoms with van der Waals surface area (Å²) in [6.07, 6.45) is 0. The zero-order valence-electron chi connectivity index (χ0n) is 10.9. The molecule has 2 rings (SSSR count). The maximum atomic E-state index is 12.6. The Morgan fingerprint density at radius 1 is 1.30 bits per heavy atom. The molecule has 104 valence electrons. The minimum atomic E-state index is -0.106. The van der Waals surface area contributed by atoms with Crippen LogP contribution >= 0.6 is 34.2 Å². The Kier molecular flexibility index (Phi) is 4.88. The zero-order valence-corrected chi connectivity index (χ0v) is 13.9. The lowest BCUT2D eigenvalue weighted by Gasteiger charge is -2.23. The monoisotopic (exact) mass is 400 g/mol. The van der Waals surface area contributed by atoms with Crippen LogP contribution in [0.1, 0.15) is 17.3 Å². The number of nitrogen functional groups attached to an aromatic ring is 1. The van der Waals surface area contributed by atoms with Crippen LogP contribution in [-0.2, 0) is 0 Å². The Hall–Kier alpha value is -1.27. The quantitative estimate of drug-likeness (QED) is 0.620. The van der Waals surface area contributed by atoms with Crippen molar-refractivity contribution in [3.05, 3.63) is 56.6 Å². The Bertz CT molecular complexity index is 646. The van der Waals surface area contributed by atoms with Crippen LogP contribution in [0.2, 0.25) is 5.02 Å². The Labute approximate surface area is 136 Å². The first kappa shape index (κ1) is 15.1. The van der Waals surface area contributed by atoms with E-state index in [9.17, 15) is 4.79 Å². The van der Waals surface area contributed by atoms with Gasteiger partial charge in [0, 0.05) is 20.8 Å². The summed E-state index contributed by atoms with van der Waals surface area (Å²) in [5, 5.41) is 0.654. The number of anilines is 2. The number of amides is 1. The van der Waals surface area contributed by atoms with Crippen LogP contribution in [0, 0.1) is 3.57 Å². The molecule has 0 heterocycles. The third-order valence-corrected chi connectivity index (χ3v) is 4.05. The van der Waals surface area contributed by atoms with Crippen LogP contribution in [0.25, 0.3) is 0 Å². The van der Waals surface area contributed by atoms with Gasteiger partial charge in [0.05, 0.1) is 11.3 Å². The molecule has 0 fully saturated rings. The standard InChI is InChI=1S/C15H14ClIN2O/c1-2-19(14-8-7-10(16)9-12(14)17)15(20)11-5-3-4-6-13(11)18/h3-9H,2,18H2,1H3. The Morgan fingerprint density at radius 2 is 2.00 bits per heavy atom. The van der Waals surface area contributed by atoms with Crippen molar-refractivity contribution in [1.29, 1.82) is 0 Å². The maximum Gasteiger partial charge on any atom is 0.260 e. The van der Waals surface area contributed by atoms with E-state index in [0.29, 0.717) is 22.8 Å². The Balaban J connectivity index is 2.42. The summed E-state index contributed by atoms with van der Waals surface area (Å²) in [4.78, 5) is 14.3. The van der Waals surface area contributed by atoms with Crippen LogP contribution in [0.15, 0.2) is 42.5 Å². The third-order valence-electron chi connectivity index (χ3n) is 2.95. The second-order valence-corrected chi connectivity index (χ2v) is 5.83. The van der Waals surface area contributed by atoms with Gasteiger partial charge in [0.1, 0.15) is 0 Å². The van der Waals surface area contributed by atoms with E-state index in [1.807, 2.05) is 31.2 Å². The van der Waals surface area contributed by atoms with Crippen molar-refractivity contribution < 1.29 is 4.79 Å². The topological polar surface area (TPSA) is 46.3 Å². The van der Waals surface area contributed by atoms with Crippen LogP contribution < -0.4 is 10.6 Å². The van der Waals surface area contributed by atoms with Gasteiger partial charge in [0.25, 0.3) is 5.91 Å². The second kappa shape index (κ2) is 6.45. The molecule has 3 nitrogen and oxygen atoms in total. The highest BCUT2D eigenvalue weighted by Gasteiger charge is 2.19. The van der Waals surface area contributed by atoms with Gasteiger partial charge in [-0.15, -0.1) is 0 Å². The van der Waals surface area contributed by atoms with E-state index in [0.717, 1.165) is 9.26 Å². The van der Waals surface area contributed by atoms with E-state index in [2.05, 4.69) is 22.6 Å². The first-order chi connectivity index (χ1) is 9.54. The van der Waals surface area contributed by atoms with Crippen molar-refractivity contribution in [1.82, 2.24) is 0 Å². The summed E-state index contributed by atoms with van der Waals surface area (Å²) >= 11 is 8.13. The molecule has 2 aromatic rings. The molecule has 20 heavy (non-hydrogen) atoms. The molecule has 0 aliphatic heterocycles. The lowest BCUT2D eigenvalue weighted by Crippen LogP contribution is -2.31. The molecule has 0 unspecified atom stereocenters. The van der Waals surface area contributed by atoms with E-state index in [1.54, 1.807) is 23.1 Å². The summed E-state index contributed by atoms with van der Waals surface area (Å²) in [5.41, 5.74) is 7.72. The highest BCUT2D eigenvalue weighted by Crippen LogP contribution is 2.27. The van der Waals surface area contributed by atoms with E-state index >= 15 is 0 Å². The van der Waals surface area contributed by atoms with Crippen molar-refractivity contribution in [3.63, 3.8) is 0 Å². The fourth-order valence-corrected chi connectivity index (χ4v) is 3.12. The van der Waals surface area contributed by atoms with Crippen molar-refractivity contribution in [3.8, 4) is 0 Å². The number of benzene rings is 2. The molecule has 0 atom stereocenters. The smallest absolute Gasteiger partial charge is 0.260 e. The highest BCUT2D eigenvalue weighted by molar-refractivity contribution is 14.1. The van der Waals surface area contributed by atoms with Crippen molar-refractivity contribution >= 4 is 51.5 Å². The normalized spacial score (nSPS) is 10.3. The van der Waals surface area contributed by atoms with Gasteiger partial charge in [0.2, 0.25) is 0 Å². The van der Waals surface area contributed by atoms with Gasteiger partial charge in [-0.3, -0.25) is 4.79 Å². The lowest BCUT2D eigenvalue weighted by atomic mass is 10.1. The van der Waals surface area contributed by atoms with E-state index < -0.39 is 0 Å². The molecular weight excluding hydrogens is 387 g/mol. The molecule has 0 saturated heterocycles. The van der Waals surface area contributed by atoms with Crippen LogP contribution in [-0.4, -0.2) is 12.5 Å². The number of halogens is 2. The number of para-hydroxylation sites is 1. The highest BCUT2D eigenvalue weighted by atomic mass is 127. The lowest BCUT2D eigenvalue weighted by molar-refractivity contribution is 0.0989. The van der Waals surface area contributed by atoms with Gasteiger partial charge in [-0.1, -0.05) is 23.7 Å². The van der Waals surface area contributed by atoms with Gasteiger partial charge < -0.3 is 10.6 Å². The van der Waals surface area contributed by atoms with Gasteiger partial charge in [-0.05, 0) is 59.8 Å². The van der Waals surface area contributed by atoms with E-state index in [4.69, 9.17) is 17.3 Å². The summed E-state index contributed by atoms with van der Waals surface area (Å²) in [7, 11) is 0.